The normalized spacial score (nSPS) is 17.0. The third-order valence-corrected chi connectivity index (χ3v) is 6.81. The first kappa shape index (κ1) is 31.9. The quantitative estimate of drug-likeness (QED) is 0.304. The largest absolute Gasteiger partial charge is 0.389 e. The fourth-order valence-corrected chi connectivity index (χ4v) is 4.78. The van der Waals surface area contributed by atoms with Crippen LogP contribution in [0.25, 0.3) is 0 Å². The van der Waals surface area contributed by atoms with Crippen molar-refractivity contribution in [2.75, 3.05) is 5.32 Å². The van der Waals surface area contributed by atoms with Crippen molar-refractivity contribution in [1.82, 2.24) is 5.32 Å². The minimum absolute atomic E-state index is 0.161. The second-order valence-electron chi connectivity index (χ2n) is 9.69. The second kappa shape index (κ2) is 12.9. The van der Waals surface area contributed by atoms with Crippen molar-refractivity contribution in [3.05, 3.63) is 64.2 Å². The van der Waals surface area contributed by atoms with E-state index in [1.165, 1.54) is 6.07 Å². The van der Waals surface area contributed by atoms with Crippen LogP contribution in [0, 0.1) is 18.8 Å². The lowest BCUT2D eigenvalue weighted by Crippen LogP contribution is -2.48. The maximum absolute atomic E-state index is 13.4. The third-order valence-electron chi connectivity index (χ3n) is 6.50. The molecule has 2 aromatic rings. The molecule has 0 aromatic heterocycles. The molecule has 3 atom stereocenters. The second-order valence-corrected chi connectivity index (χ2v) is 10.1. The van der Waals surface area contributed by atoms with Crippen molar-refractivity contribution in [1.29, 1.82) is 0 Å². The smallest absolute Gasteiger partial charge is 0.369 e. The predicted molar refractivity (Wildman–Crippen MR) is 140 cm³/mol. The van der Waals surface area contributed by atoms with Crippen LogP contribution in [0.3, 0.4) is 0 Å². The van der Waals surface area contributed by atoms with Crippen LogP contribution in [-0.4, -0.2) is 42.0 Å². The van der Waals surface area contributed by atoms with Crippen LogP contribution in [0.4, 0.5) is 32.0 Å². The number of alkyl halides is 6. The summed E-state index contributed by atoms with van der Waals surface area (Å²) >= 11 is 6.32. The molecule has 0 spiro atoms. The van der Waals surface area contributed by atoms with Crippen LogP contribution in [0.15, 0.2) is 47.5 Å². The molecule has 14 heteroatoms. The molecule has 0 unspecified atom stereocenters. The molecular formula is C27H27ClF6N4O3. The summed E-state index contributed by atoms with van der Waals surface area (Å²) in [4.78, 5) is 43.1. The van der Waals surface area contributed by atoms with Crippen LogP contribution in [0.2, 0.25) is 5.02 Å². The summed E-state index contributed by atoms with van der Waals surface area (Å²) in [5, 5.41) is 5.04. The van der Waals surface area contributed by atoms with Gasteiger partial charge in [-0.2, -0.15) is 26.3 Å². The van der Waals surface area contributed by atoms with E-state index in [1.54, 1.807) is 30.3 Å². The molecule has 2 aromatic carbocycles. The zero-order chi connectivity index (χ0) is 30.5. The Hall–Kier alpha value is -3.61. The Bertz CT molecular complexity index is 1330. The highest BCUT2D eigenvalue weighted by Gasteiger charge is 2.39. The lowest BCUT2D eigenvalue weighted by molar-refractivity contribution is -0.147. The van der Waals surface area contributed by atoms with E-state index in [0.717, 1.165) is 5.56 Å². The molecule has 0 saturated heterocycles. The van der Waals surface area contributed by atoms with E-state index in [1.807, 2.05) is 13.0 Å². The van der Waals surface area contributed by atoms with Crippen LogP contribution in [-0.2, 0) is 14.4 Å². The number of amides is 3. The molecule has 1 aliphatic heterocycles. The van der Waals surface area contributed by atoms with Gasteiger partial charge < -0.3 is 16.4 Å². The number of hydrogen-bond donors (Lipinski definition) is 3. The topological polar surface area (TPSA) is 114 Å². The van der Waals surface area contributed by atoms with E-state index >= 15 is 0 Å². The number of hydrogen-bond acceptors (Lipinski definition) is 4. The molecule has 3 amide bonds. The highest BCUT2D eigenvalue weighted by molar-refractivity contribution is 6.36. The number of nitrogens with zero attached hydrogens (tertiary/aromatic N) is 1. The Balaban J connectivity index is 1.99. The Kier molecular flexibility index (Phi) is 10.1. The number of nitrogens with two attached hydrogens (primary N) is 1. The fraction of sp³-hybridized carbons (Fsp3) is 0.407. The third kappa shape index (κ3) is 8.94. The molecule has 1 heterocycles. The van der Waals surface area contributed by atoms with Gasteiger partial charge in [-0.25, -0.2) is 4.99 Å². The first-order valence-corrected chi connectivity index (χ1v) is 12.9. The molecule has 3 rings (SSSR count). The van der Waals surface area contributed by atoms with E-state index in [4.69, 9.17) is 17.3 Å². The van der Waals surface area contributed by atoms with Crippen LogP contribution in [0.1, 0.15) is 48.8 Å². The van der Waals surface area contributed by atoms with Crippen LogP contribution < -0.4 is 16.4 Å². The SMILES string of the molecule is Cc1cccc(C2=N[C@H](NC(=O)[C@@H](CCCC(F)(F)F)[C@@H](CCC(F)(F)F)C(N)=O)C(=O)Nc3c(Cl)cccc32)c1. The van der Waals surface area contributed by atoms with Crippen molar-refractivity contribution in [2.45, 2.75) is 57.5 Å². The van der Waals surface area contributed by atoms with Crippen molar-refractivity contribution in [2.24, 2.45) is 22.6 Å². The van der Waals surface area contributed by atoms with Crippen molar-refractivity contribution >= 4 is 40.7 Å². The van der Waals surface area contributed by atoms with Gasteiger partial charge in [0.15, 0.2) is 0 Å². The number of anilines is 1. The number of rotatable bonds is 10. The number of aliphatic imine (C=N–C) groups is 1. The first-order chi connectivity index (χ1) is 19.1. The molecule has 0 saturated carbocycles. The summed E-state index contributed by atoms with van der Waals surface area (Å²) in [6.07, 6.45) is -16.0. The summed E-state index contributed by atoms with van der Waals surface area (Å²) in [7, 11) is 0. The summed E-state index contributed by atoms with van der Waals surface area (Å²) in [6, 6.07) is 11.8. The number of benzodiazepines with no additional fused rings is 1. The number of benzene rings is 2. The van der Waals surface area contributed by atoms with Crippen LogP contribution in [0.5, 0.6) is 0 Å². The Morgan fingerprint density at radius 3 is 2.29 bits per heavy atom. The minimum Gasteiger partial charge on any atom is -0.369 e. The summed E-state index contributed by atoms with van der Waals surface area (Å²) < 4.78 is 77.2. The molecule has 0 aliphatic carbocycles. The Morgan fingerprint density at radius 1 is 1.02 bits per heavy atom. The van der Waals surface area contributed by atoms with E-state index in [-0.39, 0.29) is 16.4 Å². The monoisotopic (exact) mass is 604 g/mol. The molecule has 7 nitrogen and oxygen atoms in total. The minimum atomic E-state index is -4.71. The molecule has 4 N–H and O–H groups in total. The number of carbonyl (C=O) groups is 3. The van der Waals surface area contributed by atoms with Gasteiger partial charge in [0.05, 0.1) is 16.4 Å². The lowest BCUT2D eigenvalue weighted by Gasteiger charge is -2.26. The van der Waals surface area contributed by atoms with E-state index < -0.39 is 80.2 Å². The van der Waals surface area contributed by atoms with Gasteiger partial charge in [-0.3, -0.25) is 14.4 Å². The molecule has 0 radical (unpaired) electrons. The maximum atomic E-state index is 13.4. The van der Waals surface area contributed by atoms with Gasteiger partial charge in [-0.1, -0.05) is 47.5 Å². The number of fused-ring (bicyclic) bond motifs is 1. The van der Waals surface area contributed by atoms with Gasteiger partial charge >= 0.3 is 12.4 Å². The zero-order valence-corrected chi connectivity index (χ0v) is 22.5. The zero-order valence-electron chi connectivity index (χ0n) is 21.7. The molecule has 41 heavy (non-hydrogen) atoms. The number of carbonyl (C=O) groups excluding carboxylic acids is 3. The van der Waals surface area contributed by atoms with Crippen molar-refractivity contribution in [3.8, 4) is 0 Å². The number of para-hydroxylation sites is 1. The maximum Gasteiger partial charge on any atom is 0.389 e. The first-order valence-electron chi connectivity index (χ1n) is 12.5. The molecular weight excluding hydrogens is 578 g/mol. The molecule has 1 aliphatic rings. The van der Waals surface area contributed by atoms with E-state index in [2.05, 4.69) is 15.6 Å². The van der Waals surface area contributed by atoms with Gasteiger partial charge in [0.1, 0.15) is 0 Å². The number of halogens is 7. The van der Waals surface area contributed by atoms with Gasteiger partial charge in [-0.15, -0.1) is 0 Å². The van der Waals surface area contributed by atoms with Gasteiger partial charge in [0, 0.05) is 35.8 Å². The van der Waals surface area contributed by atoms with Crippen molar-refractivity contribution in [3.63, 3.8) is 0 Å². The van der Waals surface area contributed by atoms with Crippen LogP contribution >= 0.6 is 11.6 Å². The molecule has 0 bridgehead atoms. The summed E-state index contributed by atoms with van der Waals surface area (Å²) in [6.45, 7) is 1.82. The standard InChI is InChI=1S/C27H27ClF6N4O3/c1-14-5-2-6-15(13-14)20-18-7-3-9-19(28)21(18)37-25(41)23(36-20)38-24(40)17(8-4-11-26(29,30)31)16(22(35)39)10-12-27(32,33)34/h2-3,5-7,9,13,16-17,23H,4,8,10-12H2,1H3,(H2,35,39)(H,37,41)(H,38,40)/t16-,17+,23-/m1/s1. The number of primary amides is 1. The van der Waals surface area contributed by atoms with E-state index in [9.17, 15) is 40.7 Å². The van der Waals surface area contributed by atoms with Gasteiger partial charge in [-0.05, 0) is 38.3 Å². The number of nitrogens with one attached hydrogen (secondary N) is 2. The van der Waals surface area contributed by atoms with Gasteiger partial charge in [0.25, 0.3) is 5.91 Å². The Morgan fingerprint density at radius 2 is 1.68 bits per heavy atom. The average Bonchev–Trinajstić information content (AvgIpc) is 2.98. The lowest BCUT2D eigenvalue weighted by atomic mass is 9.83. The average molecular weight is 605 g/mol. The predicted octanol–water partition coefficient (Wildman–Crippen LogP) is 5.67. The Labute approximate surface area is 236 Å². The van der Waals surface area contributed by atoms with Crippen molar-refractivity contribution < 1.29 is 40.7 Å². The highest BCUT2D eigenvalue weighted by atomic mass is 35.5. The molecule has 222 valence electrons. The summed E-state index contributed by atoms with van der Waals surface area (Å²) in [5.41, 5.74) is 7.54. The summed E-state index contributed by atoms with van der Waals surface area (Å²) in [5.74, 6) is -6.71. The highest BCUT2D eigenvalue weighted by Crippen LogP contribution is 2.33. The molecule has 0 fully saturated rings. The van der Waals surface area contributed by atoms with Gasteiger partial charge in [0.2, 0.25) is 18.0 Å². The van der Waals surface area contributed by atoms with E-state index in [0.29, 0.717) is 11.1 Å². The fourth-order valence-electron chi connectivity index (χ4n) is 4.56. The number of aryl methyl sites for hydroxylation is 1.